The Morgan fingerprint density at radius 3 is 2.64 bits per heavy atom. The molecule has 14 heavy (non-hydrogen) atoms. The summed E-state index contributed by atoms with van der Waals surface area (Å²) in [5, 5.41) is 6.17. The van der Waals surface area contributed by atoms with Crippen LogP contribution in [0.5, 0.6) is 0 Å². The van der Waals surface area contributed by atoms with Gasteiger partial charge in [-0.1, -0.05) is 11.6 Å². The number of fused-ring (bicyclic) bond motifs is 1. The molecule has 2 nitrogen and oxygen atoms in total. The van der Waals surface area contributed by atoms with Gasteiger partial charge in [0.05, 0.1) is 5.52 Å². The Kier molecular flexibility index (Phi) is 2.32. The Morgan fingerprint density at radius 2 is 2.00 bits per heavy atom. The van der Waals surface area contributed by atoms with Gasteiger partial charge in [-0.25, -0.2) is 0 Å². The standard InChI is InChI=1S/C10H10BrClN2/c1-5-6(2)9-7(4-8(5)12)10(11)13-14(9)3/h4H,1-3H3. The van der Waals surface area contributed by atoms with Crippen LogP contribution < -0.4 is 0 Å². The molecular weight excluding hydrogens is 263 g/mol. The quantitative estimate of drug-likeness (QED) is 0.717. The number of hydrogen-bond acceptors (Lipinski definition) is 1. The fourth-order valence-corrected chi connectivity index (χ4v) is 2.46. The van der Waals surface area contributed by atoms with Gasteiger partial charge in [0.2, 0.25) is 0 Å². The summed E-state index contributed by atoms with van der Waals surface area (Å²) in [5.41, 5.74) is 3.45. The van der Waals surface area contributed by atoms with Gasteiger partial charge in [-0.05, 0) is 47.0 Å². The molecule has 1 aromatic heterocycles. The van der Waals surface area contributed by atoms with E-state index < -0.39 is 0 Å². The van der Waals surface area contributed by atoms with Crippen LogP contribution in [0, 0.1) is 13.8 Å². The molecule has 0 aliphatic rings. The Morgan fingerprint density at radius 1 is 1.36 bits per heavy atom. The van der Waals surface area contributed by atoms with E-state index in [0.29, 0.717) is 0 Å². The van der Waals surface area contributed by atoms with Crippen LogP contribution in [0.3, 0.4) is 0 Å². The van der Waals surface area contributed by atoms with Crippen LogP contribution in [-0.4, -0.2) is 9.78 Å². The normalized spacial score (nSPS) is 11.2. The van der Waals surface area contributed by atoms with Gasteiger partial charge in [-0.15, -0.1) is 0 Å². The maximum Gasteiger partial charge on any atom is 0.136 e. The van der Waals surface area contributed by atoms with Crippen LogP contribution in [0.4, 0.5) is 0 Å². The lowest BCUT2D eigenvalue weighted by Gasteiger charge is -2.05. The predicted molar refractivity (Wildman–Crippen MR) is 62.9 cm³/mol. The minimum Gasteiger partial charge on any atom is -0.267 e. The molecule has 1 aromatic carbocycles. The second-order valence-electron chi connectivity index (χ2n) is 3.42. The molecule has 0 fully saturated rings. The van der Waals surface area contributed by atoms with E-state index in [9.17, 15) is 0 Å². The number of benzene rings is 1. The maximum absolute atomic E-state index is 6.12. The summed E-state index contributed by atoms with van der Waals surface area (Å²) in [4.78, 5) is 0. The van der Waals surface area contributed by atoms with Crippen molar-refractivity contribution in [3.63, 3.8) is 0 Å². The molecule has 4 heteroatoms. The molecular formula is C10H10BrClN2. The smallest absolute Gasteiger partial charge is 0.136 e. The monoisotopic (exact) mass is 272 g/mol. The maximum atomic E-state index is 6.12. The van der Waals surface area contributed by atoms with Crippen molar-refractivity contribution in [2.24, 2.45) is 7.05 Å². The molecule has 0 amide bonds. The largest absolute Gasteiger partial charge is 0.267 e. The summed E-state index contributed by atoms with van der Waals surface area (Å²) < 4.78 is 2.72. The third-order valence-electron chi connectivity index (χ3n) is 2.59. The molecule has 0 aliphatic carbocycles. The Hall–Kier alpha value is -0.540. The molecule has 2 aromatic rings. The first-order valence-electron chi connectivity index (χ1n) is 4.30. The summed E-state index contributed by atoms with van der Waals surface area (Å²) in [6.45, 7) is 4.09. The van der Waals surface area contributed by atoms with Crippen molar-refractivity contribution in [2.75, 3.05) is 0 Å². The van der Waals surface area contributed by atoms with Crippen molar-refractivity contribution >= 4 is 38.4 Å². The van der Waals surface area contributed by atoms with E-state index in [0.717, 1.165) is 26.1 Å². The van der Waals surface area contributed by atoms with Crippen LogP contribution in [0.2, 0.25) is 5.02 Å². The number of aryl methyl sites for hydroxylation is 2. The Labute approximate surface area is 96.0 Å². The molecule has 2 rings (SSSR count). The fourth-order valence-electron chi connectivity index (χ4n) is 1.67. The Balaban J connectivity index is 3.01. The van der Waals surface area contributed by atoms with E-state index >= 15 is 0 Å². The van der Waals surface area contributed by atoms with Gasteiger partial charge in [0.1, 0.15) is 4.60 Å². The highest BCUT2D eigenvalue weighted by Gasteiger charge is 2.12. The highest BCUT2D eigenvalue weighted by atomic mass is 79.9. The van der Waals surface area contributed by atoms with Crippen molar-refractivity contribution in [1.82, 2.24) is 9.78 Å². The third-order valence-corrected chi connectivity index (χ3v) is 3.56. The lowest BCUT2D eigenvalue weighted by Crippen LogP contribution is -1.93. The first-order valence-corrected chi connectivity index (χ1v) is 5.47. The van der Waals surface area contributed by atoms with Gasteiger partial charge < -0.3 is 0 Å². The zero-order valence-corrected chi connectivity index (χ0v) is 10.6. The van der Waals surface area contributed by atoms with Crippen LogP contribution in [0.15, 0.2) is 10.7 Å². The van der Waals surface area contributed by atoms with Crippen LogP contribution in [0.25, 0.3) is 10.9 Å². The molecule has 0 spiro atoms. The van der Waals surface area contributed by atoms with Gasteiger partial charge in [0, 0.05) is 17.5 Å². The second-order valence-corrected chi connectivity index (χ2v) is 4.58. The van der Waals surface area contributed by atoms with E-state index in [4.69, 9.17) is 11.6 Å². The Bertz CT molecular complexity index is 517. The number of aromatic nitrogens is 2. The van der Waals surface area contributed by atoms with Gasteiger partial charge in [-0.2, -0.15) is 5.10 Å². The van der Waals surface area contributed by atoms with Gasteiger partial charge in [-0.3, -0.25) is 4.68 Å². The molecule has 0 saturated carbocycles. The molecule has 0 saturated heterocycles. The minimum atomic E-state index is 0.795. The molecule has 1 heterocycles. The number of hydrogen-bond donors (Lipinski definition) is 0. The fraction of sp³-hybridized carbons (Fsp3) is 0.300. The molecule has 0 aliphatic heterocycles. The van der Waals surface area contributed by atoms with E-state index in [1.165, 1.54) is 5.56 Å². The average molecular weight is 274 g/mol. The molecule has 0 unspecified atom stereocenters. The lowest BCUT2D eigenvalue weighted by atomic mass is 10.1. The second kappa shape index (κ2) is 3.24. The molecule has 0 atom stereocenters. The summed E-state index contributed by atoms with van der Waals surface area (Å²) in [6.07, 6.45) is 0. The van der Waals surface area contributed by atoms with E-state index in [2.05, 4.69) is 28.0 Å². The average Bonchev–Trinajstić information content (AvgIpc) is 2.38. The minimum absolute atomic E-state index is 0.795. The summed E-state index contributed by atoms with van der Waals surface area (Å²) >= 11 is 9.54. The van der Waals surface area contributed by atoms with Gasteiger partial charge in [0.15, 0.2) is 0 Å². The van der Waals surface area contributed by atoms with Crippen molar-refractivity contribution in [3.8, 4) is 0 Å². The number of halogens is 2. The van der Waals surface area contributed by atoms with Crippen LogP contribution in [-0.2, 0) is 7.05 Å². The van der Waals surface area contributed by atoms with E-state index in [-0.39, 0.29) is 0 Å². The molecule has 74 valence electrons. The third kappa shape index (κ3) is 1.27. The van der Waals surface area contributed by atoms with E-state index in [1.54, 1.807) is 0 Å². The van der Waals surface area contributed by atoms with E-state index in [1.807, 2.05) is 24.7 Å². The first-order chi connectivity index (χ1) is 6.52. The zero-order valence-electron chi connectivity index (χ0n) is 8.23. The van der Waals surface area contributed by atoms with Crippen molar-refractivity contribution in [2.45, 2.75) is 13.8 Å². The summed E-state index contributed by atoms with van der Waals surface area (Å²) in [6, 6.07) is 1.95. The van der Waals surface area contributed by atoms with Crippen molar-refractivity contribution in [1.29, 1.82) is 0 Å². The number of nitrogens with zero attached hydrogens (tertiary/aromatic N) is 2. The highest BCUT2D eigenvalue weighted by Crippen LogP contribution is 2.31. The zero-order chi connectivity index (χ0) is 10.5. The number of rotatable bonds is 0. The topological polar surface area (TPSA) is 17.8 Å². The molecule has 0 bridgehead atoms. The van der Waals surface area contributed by atoms with Crippen LogP contribution in [0.1, 0.15) is 11.1 Å². The highest BCUT2D eigenvalue weighted by molar-refractivity contribution is 9.10. The van der Waals surface area contributed by atoms with Gasteiger partial charge >= 0.3 is 0 Å². The summed E-state index contributed by atoms with van der Waals surface area (Å²) in [7, 11) is 1.94. The predicted octanol–water partition coefficient (Wildman–Crippen LogP) is 3.61. The lowest BCUT2D eigenvalue weighted by molar-refractivity contribution is 0.786. The van der Waals surface area contributed by atoms with Crippen molar-refractivity contribution < 1.29 is 0 Å². The molecule has 0 N–H and O–H groups in total. The summed E-state index contributed by atoms with van der Waals surface area (Å²) in [5.74, 6) is 0. The van der Waals surface area contributed by atoms with Crippen molar-refractivity contribution in [3.05, 3.63) is 26.8 Å². The van der Waals surface area contributed by atoms with Crippen LogP contribution >= 0.6 is 27.5 Å². The SMILES string of the molecule is Cc1c(Cl)cc2c(Br)nn(C)c2c1C. The van der Waals surface area contributed by atoms with Gasteiger partial charge in [0.25, 0.3) is 0 Å². The molecule has 0 radical (unpaired) electrons. The first kappa shape index (κ1) is 9.99.